The molecule has 0 fully saturated rings. The average Bonchev–Trinajstić information content (AvgIpc) is 3.43. The summed E-state index contributed by atoms with van der Waals surface area (Å²) in [5.74, 6) is 0. The number of aldehydes is 1. The first-order chi connectivity index (χ1) is 15.1. The lowest BCUT2D eigenvalue weighted by Crippen LogP contribution is -2.04. The predicted molar refractivity (Wildman–Crippen MR) is 126 cm³/mol. The van der Waals surface area contributed by atoms with E-state index in [0.29, 0.717) is 11.3 Å². The summed E-state index contributed by atoms with van der Waals surface area (Å²) in [6.07, 6.45) is 2.68. The van der Waals surface area contributed by atoms with Crippen molar-refractivity contribution in [1.82, 2.24) is 24.5 Å². The Kier molecular flexibility index (Phi) is 4.67. The van der Waals surface area contributed by atoms with Gasteiger partial charge in [0.25, 0.3) is 0 Å². The molecule has 3 heterocycles. The molecule has 31 heavy (non-hydrogen) atoms. The Morgan fingerprint density at radius 1 is 0.871 bits per heavy atom. The van der Waals surface area contributed by atoms with E-state index in [1.807, 2.05) is 102 Å². The molecule has 2 aromatic carbocycles. The van der Waals surface area contributed by atoms with Gasteiger partial charge in [-0.25, -0.2) is 9.36 Å². The van der Waals surface area contributed by atoms with Crippen molar-refractivity contribution in [3.8, 4) is 11.4 Å². The van der Waals surface area contributed by atoms with Crippen LogP contribution in [0.25, 0.3) is 37.4 Å². The fourth-order valence-corrected chi connectivity index (χ4v) is 5.12. The molecule has 0 aliphatic rings. The number of aryl methyl sites for hydroxylation is 1. The molecule has 0 aliphatic carbocycles. The van der Waals surface area contributed by atoms with Gasteiger partial charge in [-0.05, 0) is 31.2 Å². The Labute approximate surface area is 183 Å². The molecule has 7 heteroatoms. The number of aromatic nitrogens is 4. The van der Waals surface area contributed by atoms with E-state index in [4.69, 9.17) is 10.2 Å². The molecule has 0 N–H and O–H groups in total. The molecular formula is C24H21N5OS. The standard InChI is InChI=1S/C24H21N5OS/c1-16-20-21-22(17(15-30)14-27(2)3)26-29(19-12-8-5-9-13-19)24(21)31-23(20)28(25-16)18-10-6-4-7-11-18/h4-15H,1-3H3/b17-14-. The van der Waals surface area contributed by atoms with Gasteiger partial charge >= 0.3 is 0 Å². The van der Waals surface area contributed by atoms with E-state index >= 15 is 0 Å². The van der Waals surface area contributed by atoms with Crippen LogP contribution in [0, 0.1) is 6.92 Å². The quantitative estimate of drug-likeness (QED) is 0.298. The molecule has 0 bridgehead atoms. The Morgan fingerprint density at radius 3 is 1.97 bits per heavy atom. The summed E-state index contributed by atoms with van der Waals surface area (Å²) >= 11 is 1.64. The van der Waals surface area contributed by atoms with Crippen molar-refractivity contribution >= 4 is 43.6 Å². The second-order valence-corrected chi connectivity index (χ2v) is 8.53. The average molecular weight is 428 g/mol. The molecule has 0 amide bonds. The highest BCUT2D eigenvalue weighted by Gasteiger charge is 2.25. The minimum atomic E-state index is 0.538. The zero-order chi connectivity index (χ0) is 21.5. The van der Waals surface area contributed by atoms with Gasteiger partial charge in [-0.3, -0.25) is 4.79 Å². The number of hydrogen-bond donors (Lipinski definition) is 0. The molecule has 6 nitrogen and oxygen atoms in total. The zero-order valence-electron chi connectivity index (χ0n) is 17.5. The molecule has 3 aromatic heterocycles. The number of nitrogens with zero attached hydrogens (tertiary/aromatic N) is 5. The maximum atomic E-state index is 12.0. The number of carbonyl (C=O) groups is 1. The number of thiophene rings is 1. The van der Waals surface area contributed by atoms with E-state index in [1.165, 1.54) is 0 Å². The van der Waals surface area contributed by atoms with Crippen molar-refractivity contribution in [2.45, 2.75) is 6.92 Å². The first-order valence-electron chi connectivity index (χ1n) is 9.94. The molecule has 0 aliphatic heterocycles. The minimum Gasteiger partial charge on any atom is -0.383 e. The summed E-state index contributed by atoms with van der Waals surface area (Å²) < 4.78 is 3.90. The maximum absolute atomic E-state index is 12.0. The highest BCUT2D eigenvalue weighted by Crippen LogP contribution is 2.41. The summed E-state index contributed by atoms with van der Waals surface area (Å²) in [6.45, 7) is 2.01. The molecule has 5 aromatic rings. The molecule has 5 rings (SSSR count). The molecule has 0 atom stereocenters. The fraction of sp³-hybridized carbons (Fsp3) is 0.125. The van der Waals surface area contributed by atoms with Crippen LogP contribution in [-0.4, -0.2) is 44.8 Å². The monoisotopic (exact) mass is 427 g/mol. The Hall–Kier alpha value is -3.71. The van der Waals surface area contributed by atoms with E-state index in [0.717, 1.165) is 43.8 Å². The molecule has 0 unspecified atom stereocenters. The van der Waals surface area contributed by atoms with Crippen molar-refractivity contribution in [2.24, 2.45) is 0 Å². The van der Waals surface area contributed by atoms with Crippen molar-refractivity contribution in [1.29, 1.82) is 0 Å². The normalized spacial score (nSPS) is 12.0. The van der Waals surface area contributed by atoms with Crippen LogP contribution in [0.1, 0.15) is 11.4 Å². The first kappa shape index (κ1) is 19.3. The van der Waals surface area contributed by atoms with Gasteiger partial charge in [-0.2, -0.15) is 10.2 Å². The van der Waals surface area contributed by atoms with Gasteiger partial charge < -0.3 is 4.90 Å². The van der Waals surface area contributed by atoms with Gasteiger partial charge in [-0.1, -0.05) is 47.7 Å². The second-order valence-electron chi connectivity index (χ2n) is 7.56. The van der Waals surface area contributed by atoms with Crippen LogP contribution in [0.5, 0.6) is 0 Å². The third-order valence-electron chi connectivity index (χ3n) is 5.10. The van der Waals surface area contributed by atoms with Gasteiger partial charge in [0, 0.05) is 25.7 Å². The van der Waals surface area contributed by atoms with Crippen molar-refractivity contribution < 1.29 is 4.79 Å². The van der Waals surface area contributed by atoms with Gasteiger partial charge in [0.1, 0.15) is 15.4 Å². The molecule has 0 saturated carbocycles. The lowest BCUT2D eigenvalue weighted by atomic mass is 10.1. The smallest absolute Gasteiger partial charge is 0.153 e. The molecule has 154 valence electrons. The molecule has 0 radical (unpaired) electrons. The van der Waals surface area contributed by atoms with Crippen molar-refractivity contribution in [3.63, 3.8) is 0 Å². The van der Waals surface area contributed by atoms with Crippen LogP contribution in [0.4, 0.5) is 0 Å². The van der Waals surface area contributed by atoms with E-state index in [1.54, 1.807) is 11.3 Å². The maximum Gasteiger partial charge on any atom is 0.153 e. The molecule has 0 spiro atoms. The molecular weight excluding hydrogens is 406 g/mol. The highest BCUT2D eigenvalue weighted by atomic mass is 32.1. The van der Waals surface area contributed by atoms with E-state index in [2.05, 4.69) is 0 Å². The number of para-hydroxylation sites is 2. The summed E-state index contributed by atoms with van der Waals surface area (Å²) in [5, 5.41) is 11.7. The number of benzene rings is 2. The number of hydrogen-bond acceptors (Lipinski definition) is 5. The lowest BCUT2D eigenvalue weighted by molar-refractivity contribution is -0.103. The fourth-order valence-electron chi connectivity index (χ4n) is 3.82. The number of carbonyl (C=O) groups excluding carboxylic acids is 1. The van der Waals surface area contributed by atoms with Crippen LogP contribution >= 0.6 is 11.3 Å². The first-order valence-corrected chi connectivity index (χ1v) is 10.8. The summed E-state index contributed by atoms with van der Waals surface area (Å²) in [4.78, 5) is 15.9. The summed E-state index contributed by atoms with van der Waals surface area (Å²) in [6, 6.07) is 20.1. The van der Waals surface area contributed by atoms with Crippen molar-refractivity contribution in [2.75, 3.05) is 14.1 Å². The Morgan fingerprint density at radius 2 is 1.42 bits per heavy atom. The number of rotatable bonds is 5. The van der Waals surface area contributed by atoms with Crippen LogP contribution in [0.15, 0.2) is 66.9 Å². The zero-order valence-corrected chi connectivity index (χ0v) is 18.3. The van der Waals surface area contributed by atoms with Crippen molar-refractivity contribution in [3.05, 3.63) is 78.3 Å². The van der Waals surface area contributed by atoms with Crippen LogP contribution in [-0.2, 0) is 4.79 Å². The summed E-state index contributed by atoms with van der Waals surface area (Å²) in [7, 11) is 3.80. The largest absolute Gasteiger partial charge is 0.383 e. The van der Waals surface area contributed by atoms with Crippen LogP contribution < -0.4 is 0 Å². The van der Waals surface area contributed by atoms with Crippen LogP contribution in [0.2, 0.25) is 0 Å². The topological polar surface area (TPSA) is 56.0 Å². The predicted octanol–water partition coefficient (Wildman–Crippen LogP) is 4.84. The van der Waals surface area contributed by atoms with E-state index < -0.39 is 0 Å². The third kappa shape index (κ3) is 3.14. The van der Waals surface area contributed by atoms with E-state index in [9.17, 15) is 4.79 Å². The van der Waals surface area contributed by atoms with E-state index in [-0.39, 0.29) is 0 Å². The second kappa shape index (κ2) is 7.52. The van der Waals surface area contributed by atoms with Gasteiger partial charge in [0.15, 0.2) is 6.29 Å². The highest BCUT2D eigenvalue weighted by molar-refractivity contribution is 7.25. The number of fused-ring (bicyclic) bond motifs is 3. The Bertz CT molecular complexity index is 1420. The minimum absolute atomic E-state index is 0.538. The summed E-state index contributed by atoms with van der Waals surface area (Å²) in [5.41, 5.74) is 4.08. The van der Waals surface area contributed by atoms with Gasteiger partial charge in [0.2, 0.25) is 0 Å². The third-order valence-corrected chi connectivity index (χ3v) is 6.24. The number of allylic oxidation sites excluding steroid dienone is 1. The van der Waals surface area contributed by atoms with Crippen LogP contribution in [0.3, 0.4) is 0 Å². The lowest BCUT2D eigenvalue weighted by Gasteiger charge is -2.06. The SMILES string of the molecule is Cc1nn(-c2ccccc2)c2sc3c(c(/C(C=O)=C\N(C)C)nn3-c3ccccc3)c12. The van der Waals surface area contributed by atoms with Gasteiger partial charge in [-0.15, -0.1) is 0 Å². The van der Waals surface area contributed by atoms with Gasteiger partial charge in [0.05, 0.1) is 28.0 Å². The Balaban J connectivity index is 1.89. The molecule has 0 saturated heterocycles.